The second-order valence-electron chi connectivity index (χ2n) is 8.22. The van der Waals surface area contributed by atoms with E-state index in [-0.39, 0.29) is 24.1 Å². The molecule has 2 aliphatic heterocycles. The number of H-pyrrole nitrogens is 1. The van der Waals surface area contributed by atoms with Crippen molar-refractivity contribution in [2.24, 2.45) is 0 Å². The topological polar surface area (TPSA) is 99.3 Å². The standard InChI is InChI=1S/C22H19Cl2N5O3/c1-12(30)11-29-17-5-2-13(23)19(24)18(17)22(21(29)32)6-8-28(9-7-22)20(31)15-4-3-14-16(26-15)10-25-27-14/h2-5,10H,6-9,11H2,1H3,(H,25,27). The fraction of sp³-hybridized carbons (Fsp3) is 0.318. The zero-order chi connectivity index (χ0) is 22.6. The highest BCUT2D eigenvalue weighted by atomic mass is 35.5. The predicted molar refractivity (Wildman–Crippen MR) is 120 cm³/mol. The van der Waals surface area contributed by atoms with Crippen LogP contribution in [0.5, 0.6) is 0 Å². The van der Waals surface area contributed by atoms with Crippen LogP contribution in [0.15, 0.2) is 30.5 Å². The molecule has 8 nitrogen and oxygen atoms in total. The Morgan fingerprint density at radius 2 is 1.91 bits per heavy atom. The van der Waals surface area contributed by atoms with Crippen LogP contribution >= 0.6 is 23.2 Å². The lowest BCUT2D eigenvalue weighted by atomic mass is 9.73. The van der Waals surface area contributed by atoms with Crippen molar-refractivity contribution in [3.63, 3.8) is 0 Å². The van der Waals surface area contributed by atoms with Crippen LogP contribution in [0.2, 0.25) is 10.0 Å². The molecule has 32 heavy (non-hydrogen) atoms. The number of hydrogen-bond donors (Lipinski definition) is 1. The molecule has 1 saturated heterocycles. The average Bonchev–Trinajstić information content (AvgIpc) is 3.33. The monoisotopic (exact) mass is 471 g/mol. The number of fused-ring (bicyclic) bond motifs is 3. The Morgan fingerprint density at radius 3 is 2.62 bits per heavy atom. The van der Waals surface area contributed by atoms with Gasteiger partial charge in [0, 0.05) is 18.7 Å². The molecular formula is C22H19Cl2N5O3. The molecule has 2 aromatic heterocycles. The summed E-state index contributed by atoms with van der Waals surface area (Å²) in [7, 11) is 0. The van der Waals surface area contributed by atoms with Crippen molar-refractivity contribution >= 4 is 57.5 Å². The lowest BCUT2D eigenvalue weighted by molar-refractivity contribution is -0.126. The van der Waals surface area contributed by atoms with Gasteiger partial charge in [-0.2, -0.15) is 5.10 Å². The molecule has 3 aromatic rings. The van der Waals surface area contributed by atoms with Gasteiger partial charge < -0.3 is 9.80 Å². The number of anilines is 1. The summed E-state index contributed by atoms with van der Waals surface area (Å²) >= 11 is 12.9. The summed E-state index contributed by atoms with van der Waals surface area (Å²) in [5.41, 5.74) is 2.06. The number of nitrogens with one attached hydrogen (secondary N) is 1. The fourth-order valence-corrected chi connectivity index (χ4v) is 5.24. The molecule has 5 rings (SSSR count). The smallest absolute Gasteiger partial charge is 0.272 e. The number of piperidine rings is 1. The Kier molecular flexibility index (Phi) is 4.94. The summed E-state index contributed by atoms with van der Waals surface area (Å²) in [5.74, 6) is -0.496. The SMILES string of the molecule is CC(=O)CN1C(=O)C2(CCN(C(=O)c3ccc4[nH]ncc4n3)CC2)c2c1ccc(Cl)c2Cl. The number of hydrogen-bond acceptors (Lipinski definition) is 5. The molecule has 2 amide bonds. The van der Waals surface area contributed by atoms with E-state index < -0.39 is 5.41 Å². The second kappa shape index (κ2) is 7.56. The van der Waals surface area contributed by atoms with Gasteiger partial charge in [0.2, 0.25) is 5.91 Å². The van der Waals surface area contributed by atoms with E-state index in [1.54, 1.807) is 35.4 Å². The van der Waals surface area contributed by atoms with Crippen LogP contribution in [0.25, 0.3) is 11.0 Å². The third-order valence-corrected chi connectivity index (χ3v) is 7.10. The van der Waals surface area contributed by atoms with Gasteiger partial charge in [-0.05, 0) is 44.0 Å². The molecule has 0 bridgehead atoms. The summed E-state index contributed by atoms with van der Waals surface area (Å²) in [6.07, 6.45) is 2.33. The molecule has 164 valence electrons. The number of aromatic amines is 1. The number of carbonyl (C=O) groups is 3. The highest BCUT2D eigenvalue weighted by molar-refractivity contribution is 6.43. The number of aromatic nitrogens is 3. The Hall–Kier alpha value is -2.97. The number of halogens is 2. The molecule has 1 fully saturated rings. The molecule has 0 saturated carbocycles. The maximum atomic E-state index is 13.5. The normalized spacial score (nSPS) is 17.3. The van der Waals surface area contributed by atoms with E-state index in [1.807, 2.05) is 0 Å². The van der Waals surface area contributed by atoms with Crippen LogP contribution in [0.4, 0.5) is 5.69 Å². The van der Waals surface area contributed by atoms with E-state index in [9.17, 15) is 14.4 Å². The van der Waals surface area contributed by atoms with E-state index in [1.165, 1.54) is 11.8 Å². The van der Waals surface area contributed by atoms with Crippen molar-refractivity contribution in [2.45, 2.75) is 25.2 Å². The van der Waals surface area contributed by atoms with Gasteiger partial charge in [-0.1, -0.05) is 23.2 Å². The maximum absolute atomic E-state index is 13.5. The molecule has 2 aliphatic rings. The molecule has 0 radical (unpaired) electrons. The van der Waals surface area contributed by atoms with Crippen LogP contribution in [-0.4, -0.2) is 57.3 Å². The molecule has 1 spiro atoms. The first kappa shape index (κ1) is 20.9. The van der Waals surface area contributed by atoms with Gasteiger partial charge in [0.05, 0.1) is 39.4 Å². The van der Waals surface area contributed by atoms with Crippen molar-refractivity contribution in [3.05, 3.63) is 51.8 Å². The van der Waals surface area contributed by atoms with Crippen LogP contribution in [-0.2, 0) is 15.0 Å². The second-order valence-corrected chi connectivity index (χ2v) is 9.01. The molecule has 1 aromatic carbocycles. The van der Waals surface area contributed by atoms with Gasteiger partial charge in [-0.15, -0.1) is 0 Å². The highest BCUT2D eigenvalue weighted by Crippen LogP contribution is 2.52. The van der Waals surface area contributed by atoms with Gasteiger partial charge in [-0.3, -0.25) is 19.5 Å². The largest absolute Gasteiger partial charge is 0.337 e. The van der Waals surface area contributed by atoms with Crippen LogP contribution in [0.3, 0.4) is 0 Å². The Bertz CT molecular complexity index is 1280. The quantitative estimate of drug-likeness (QED) is 0.630. The Morgan fingerprint density at radius 1 is 1.16 bits per heavy atom. The summed E-state index contributed by atoms with van der Waals surface area (Å²) < 4.78 is 0. The molecule has 0 atom stereocenters. The van der Waals surface area contributed by atoms with Crippen molar-refractivity contribution in [1.82, 2.24) is 20.1 Å². The number of Topliss-reactive ketones (excluding diaryl/α,β-unsaturated/α-hetero) is 1. The minimum absolute atomic E-state index is 0.0250. The number of amides is 2. The van der Waals surface area contributed by atoms with Crippen molar-refractivity contribution in [2.75, 3.05) is 24.5 Å². The van der Waals surface area contributed by atoms with Gasteiger partial charge in [0.25, 0.3) is 5.91 Å². The first-order valence-corrected chi connectivity index (χ1v) is 11.0. The molecule has 4 heterocycles. The molecule has 0 unspecified atom stereocenters. The average molecular weight is 472 g/mol. The van der Waals surface area contributed by atoms with E-state index in [2.05, 4.69) is 15.2 Å². The third-order valence-electron chi connectivity index (χ3n) is 6.30. The molecule has 10 heteroatoms. The zero-order valence-electron chi connectivity index (χ0n) is 17.2. The minimum atomic E-state index is -0.911. The lowest BCUT2D eigenvalue weighted by Crippen LogP contribution is -2.50. The highest BCUT2D eigenvalue weighted by Gasteiger charge is 2.54. The van der Waals surface area contributed by atoms with Gasteiger partial charge in [0.1, 0.15) is 17.0 Å². The first-order chi connectivity index (χ1) is 15.3. The van der Waals surface area contributed by atoms with Crippen molar-refractivity contribution in [3.8, 4) is 0 Å². The van der Waals surface area contributed by atoms with Gasteiger partial charge in [-0.25, -0.2) is 4.98 Å². The summed E-state index contributed by atoms with van der Waals surface area (Å²) in [4.78, 5) is 46.0. The van der Waals surface area contributed by atoms with Crippen molar-refractivity contribution < 1.29 is 14.4 Å². The van der Waals surface area contributed by atoms with Gasteiger partial charge in [0.15, 0.2) is 0 Å². The summed E-state index contributed by atoms with van der Waals surface area (Å²) in [5, 5.41) is 7.43. The Balaban J connectivity index is 1.45. The van der Waals surface area contributed by atoms with E-state index >= 15 is 0 Å². The van der Waals surface area contributed by atoms with E-state index in [4.69, 9.17) is 23.2 Å². The first-order valence-electron chi connectivity index (χ1n) is 10.2. The number of benzene rings is 1. The molecular weight excluding hydrogens is 453 g/mol. The van der Waals surface area contributed by atoms with Crippen LogP contribution in [0.1, 0.15) is 35.8 Å². The number of nitrogens with zero attached hydrogens (tertiary/aromatic N) is 4. The number of pyridine rings is 1. The predicted octanol–water partition coefficient (Wildman–Crippen LogP) is 3.37. The number of carbonyl (C=O) groups excluding carboxylic acids is 3. The van der Waals surface area contributed by atoms with Crippen LogP contribution < -0.4 is 4.90 Å². The number of rotatable bonds is 3. The minimum Gasteiger partial charge on any atom is -0.337 e. The molecule has 1 N–H and O–H groups in total. The zero-order valence-corrected chi connectivity index (χ0v) is 18.7. The van der Waals surface area contributed by atoms with E-state index in [0.717, 1.165) is 5.52 Å². The summed E-state index contributed by atoms with van der Waals surface area (Å²) in [6, 6.07) is 6.81. The number of likely N-dealkylation sites (tertiary alicyclic amines) is 1. The van der Waals surface area contributed by atoms with Crippen LogP contribution in [0, 0.1) is 0 Å². The summed E-state index contributed by atoms with van der Waals surface area (Å²) in [6.45, 7) is 2.13. The van der Waals surface area contributed by atoms with Crippen molar-refractivity contribution in [1.29, 1.82) is 0 Å². The molecule has 0 aliphatic carbocycles. The van der Waals surface area contributed by atoms with Gasteiger partial charge >= 0.3 is 0 Å². The fourth-order valence-electron chi connectivity index (χ4n) is 4.74. The third kappa shape index (κ3) is 3.09. The Labute approximate surface area is 193 Å². The maximum Gasteiger partial charge on any atom is 0.272 e. The number of ketones is 1. The van der Waals surface area contributed by atoms with E-state index in [0.29, 0.717) is 58.4 Å². The lowest BCUT2D eigenvalue weighted by Gasteiger charge is -2.38.